The van der Waals surface area contributed by atoms with Crippen LogP contribution in [0.3, 0.4) is 0 Å². The molecule has 17 heteroatoms. The third kappa shape index (κ3) is 44.1. The van der Waals surface area contributed by atoms with Gasteiger partial charge in [-0.3, -0.25) is 43.4 Å². The van der Waals surface area contributed by atoms with Crippen LogP contribution in [0.15, 0.2) is 0 Å². The summed E-state index contributed by atoms with van der Waals surface area (Å²) in [5.41, 5.74) is 0. The lowest BCUT2D eigenvalue weighted by atomic mass is 10.1. The minimum absolute atomic E-state index is 0.107. The molecule has 0 aromatic heterocycles. The normalized spacial score (nSPS) is 11.3. The highest BCUT2D eigenvalue weighted by Crippen LogP contribution is 2.12. The van der Waals surface area contributed by atoms with E-state index in [0.29, 0.717) is 32.2 Å². The third-order valence-electron chi connectivity index (χ3n) is 11.4. The van der Waals surface area contributed by atoms with E-state index in [4.69, 9.17) is 33.2 Å². The fraction of sp³-hybridized carbons (Fsp3) is 0.868. The molecule has 0 aliphatic heterocycles. The quantitative estimate of drug-likeness (QED) is 0.0320. The van der Waals surface area contributed by atoms with E-state index in [1.165, 1.54) is 9.80 Å². The van der Waals surface area contributed by atoms with Gasteiger partial charge < -0.3 is 38.1 Å². The van der Waals surface area contributed by atoms with Gasteiger partial charge >= 0.3 is 41.8 Å². The molecule has 0 radical (unpaired) electrons. The van der Waals surface area contributed by atoms with Gasteiger partial charge in [0, 0.05) is 12.5 Å². The molecule has 17 nitrogen and oxygen atoms in total. The number of nitrogens with zero attached hydrogens (tertiary/aromatic N) is 3. The van der Waals surface area contributed by atoms with Crippen molar-refractivity contribution in [3.8, 4) is 0 Å². The summed E-state index contributed by atoms with van der Waals surface area (Å²) in [6, 6.07) is 0. The van der Waals surface area contributed by atoms with Gasteiger partial charge in [0.05, 0.1) is 85.3 Å². The number of hydrogen-bond donors (Lipinski definition) is 0. The zero-order valence-electron chi connectivity index (χ0n) is 44.7. The van der Waals surface area contributed by atoms with Crippen LogP contribution < -0.4 is 0 Å². The van der Waals surface area contributed by atoms with Crippen molar-refractivity contribution in [3.05, 3.63) is 0 Å². The molecule has 0 rings (SSSR count). The summed E-state index contributed by atoms with van der Waals surface area (Å²) in [7, 11) is 3.66. The number of carbonyl (C=O) groups excluding carboxylic acids is 7. The fourth-order valence-electron chi connectivity index (χ4n) is 7.20. The molecule has 0 fully saturated rings. The van der Waals surface area contributed by atoms with Crippen LogP contribution in [0, 0.1) is 5.92 Å². The molecule has 0 aromatic rings. The second-order valence-corrected chi connectivity index (χ2v) is 18.7. The van der Waals surface area contributed by atoms with E-state index in [1.807, 2.05) is 19.0 Å². The molecule has 0 aliphatic carbocycles. The molecule has 0 atom stereocenters. The van der Waals surface area contributed by atoms with Gasteiger partial charge in [0.25, 0.3) is 0 Å². The Hall–Kier alpha value is -3.83. The van der Waals surface area contributed by atoms with Gasteiger partial charge in [0.1, 0.15) is 6.61 Å². The van der Waals surface area contributed by atoms with Gasteiger partial charge in [-0.2, -0.15) is 0 Å². The average molecular weight is 1000 g/mol. The molecule has 0 N–H and O–H groups in total. The van der Waals surface area contributed by atoms with Crippen molar-refractivity contribution in [2.75, 3.05) is 106 Å². The zero-order chi connectivity index (χ0) is 51.9. The number of rotatable bonds is 49. The van der Waals surface area contributed by atoms with Crippen molar-refractivity contribution in [1.82, 2.24) is 14.7 Å². The van der Waals surface area contributed by atoms with E-state index < -0.39 is 60.8 Å². The monoisotopic (exact) mass is 1000 g/mol. The largest absolute Gasteiger partial charge is 0.465 e. The molecular formula is C53H97N3O14. The van der Waals surface area contributed by atoms with Crippen molar-refractivity contribution in [3.63, 3.8) is 0 Å². The summed E-state index contributed by atoms with van der Waals surface area (Å²) in [4.78, 5) is 95.5. The Morgan fingerprint density at radius 3 is 0.829 bits per heavy atom. The first-order valence-corrected chi connectivity index (χ1v) is 27.0. The number of esters is 7. The summed E-state index contributed by atoms with van der Waals surface area (Å²) in [5, 5.41) is 0. The van der Waals surface area contributed by atoms with E-state index in [1.54, 1.807) is 0 Å². The Balaban J connectivity index is 5.77. The Kier molecular flexibility index (Phi) is 44.9. The minimum Gasteiger partial charge on any atom is -0.465 e. The van der Waals surface area contributed by atoms with Gasteiger partial charge in [-0.05, 0) is 39.8 Å². The number of hydrogen-bond acceptors (Lipinski definition) is 17. The Morgan fingerprint density at radius 1 is 0.314 bits per heavy atom. The molecule has 0 amide bonds. The van der Waals surface area contributed by atoms with Crippen molar-refractivity contribution in [1.29, 1.82) is 0 Å². The molecule has 0 saturated heterocycles. The number of carbonyl (C=O) groups is 7. The summed E-state index contributed by atoms with van der Waals surface area (Å²) in [6.45, 7) is 6.97. The van der Waals surface area contributed by atoms with Crippen molar-refractivity contribution >= 4 is 41.8 Å². The molecule has 0 aliphatic rings. The molecule has 0 unspecified atom stereocenters. The van der Waals surface area contributed by atoms with Crippen LogP contribution in [0.5, 0.6) is 0 Å². The molecule has 408 valence electrons. The van der Waals surface area contributed by atoms with Crippen LogP contribution in [0.25, 0.3) is 0 Å². The zero-order valence-corrected chi connectivity index (χ0v) is 44.7. The second kappa shape index (κ2) is 47.5. The van der Waals surface area contributed by atoms with Gasteiger partial charge in [-0.15, -0.1) is 0 Å². The maximum Gasteiger partial charge on any atom is 0.320 e. The van der Waals surface area contributed by atoms with Crippen LogP contribution in [0.1, 0.15) is 188 Å². The van der Waals surface area contributed by atoms with E-state index in [2.05, 4.69) is 27.7 Å². The molecule has 0 bridgehead atoms. The Bertz CT molecular complexity index is 1220. The Morgan fingerprint density at radius 2 is 0.557 bits per heavy atom. The highest BCUT2D eigenvalue weighted by atomic mass is 16.6. The van der Waals surface area contributed by atoms with Crippen LogP contribution >= 0.6 is 0 Å². The van der Waals surface area contributed by atoms with Gasteiger partial charge in [-0.25, -0.2) is 0 Å². The summed E-state index contributed by atoms with van der Waals surface area (Å²) >= 11 is 0. The predicted octanol–water partition coefficient (Wildman–Crippen LogP) is 8.40. The first-order chi connectivity index (χ1) is 33.8. The van der Waals surface area contributed by atoms with E-state index >= 15 is 0 Å². The Labute approximate surface area is 422 Å². The van der Waals surface area contributed by atoms with Crippen LogP contribution in [-0.4, -0.2) is 163 Å². The molecule has 0 saturated carbocycles. The van der Waals surface area contributed by atoms with Gasteiger partial charge in [0.2, 0.25) is 0 Å². The second-order valence-electron chi connectivity index (χ2n) is 18.7. The molecule has 0 aromatic carbocycles. The summed E-state index contributed by atoms with van der Waals surface area (Å²) < 4.78 is 38.2. The number of unbranched alkanes of at least 4 members (excludes halogenated alkanes) is 20. The molecule has 0 heterocycles. The summed E-state index contributed by atoms with van der Waals surface area (Å²) in [6.07, 6.45) is 24.1. The predicted molar refractivity (Wildman–Crippen MR) is 270 cm³/mol. The first-order valence-electron chi connectivity index (χ1n) is 27.0. The number of likely N-dealkylation sites (N-methyl/N-ethyl adjacent to an activating group) is 1. The SMILES string of the molecule is CCCCCCCCOC(=O)CN(CC(=O)OCCCCCCCC)CC(=O)OCC(COC(=O)CN(CC(=O)OCCCCCCCC)CC(=O)OCCCCCCCC)CC(=O)OCCN(C)C. The van der Waals surface area contributed by atoms with Crippen molar-refractivity contribution in [2.24, 2.45) is 5.92 Å². The van der Waals surface area contributed by atoms with E-state index in [0.717, 1.165) is 128 Å². The standard InChI is InChI=1S/C53H97N3O14/c1-7-11-15-19-23-27-32-64-48(58)38-55(39-49(59)65-33-28-24-20-16-12-8-2)42-52(62)69-44-46(37-47(57)68-36-31-54(5)6)45-70-53(63)43-56(40-50(60)66-34-29-25-21-17-13-9-3)41-51(61)67-35-30-26-22-18-14-10-4/h46H,7-45H2,1-6H3. The summed E-state index contributed by atoms with van der Waals surface area (Å²) in [5.74, 6) is -5.43. The first kappa shape index (κ1) is 66.2. The van der Waals surface area contributed by atoms with Crippen molar-refractivity contribution < 1.29 is 66.7 Å². The van der Waals surface area contributed by atoms with Crippen molar-refractivity contribution in [2.45, 2.75) is 188 Å². The third-order valence-corrected chi connectivity index (χ3v) is 11.4. The average Bonchev–Trinajstić information content (AvgIpc) is 3.31. The molecular weight excluding hydrogens is 903 g/mol. The maximum absolute atomic E-state index is 13.3. The highest BCUT2D eigenvalue weighted by molar-refractivity contribution is 5.79. The maximum atomic E-state index is 13.3. The van der Waals surface area contributed by atoms with Crippen LogP contribution in [-0.2, 0) is 66.7 Å². The van der Waals surface area contributed by atoms with Gasteiger partial charge in [-0.1, -0.05) is 156 Å². The van der Waals surface area contributed by atoms with Gasteiger partial charge in [0.15, 0.2) is 0 Å². The fourth-order valence-corrected chi connectivity index (χ4v) is 7.20. The highest BCUT2D eigenvalue weighted by Gasteiger charge is 2.25. The molecule has 70 heavy (non-hydrogen) atoms. The minimum atomic E-state index is -0.851. The number of ether oxygens (including phenoxy) is 7. The van der Waals surface area contributed by atoms with Crippen LogP contribution in [0.4, 0.5) is 0 Å². The van der Waals surface area contributed by atoms with E-state index in [-0.39, 0.29) is 78.8 Å². The lowest BCUT2D eigenvalue weighted by molar-refractivity contribution is -0.157. The lowest BCUT2D eigenvalue weighted by Crippen LogP contribution is -2.41. The lowest BCUT2D eigenvalue weighted by Gasteiger charge is -2.22. The molecule has 0 spiro atoms. The van der Waals surface area contributed by atoms with E-state index in [9.17, 15) is 33.6 Å². The smallest absolute Gasteiger partial charge is 0.320 e. The van der Waals surface area contributed by atoms with Crippen LogP contribution in [0.2, 0.25) is 0 Å². The topological polar surface area (TPSA) is 194 Å².